The van der Waals surface area contributed by atoms with Gasteiger partial charge >= 0.3 is 5.97 Å². The molecule has 0 aromatic heterocycles. The molecule has 0 aliphatic carbocycles. The lowest BCUT2D eigenvalue weighted by atomic mass is 10.4. The normalized spacial score (nSPS) is 12.1. The van der Waals surface area contributed by atoms with E-state index in [0.29, 0.717) is 0 Å². The summed E-state index contributed by atoms with van der Waals surface area (Å²) in [5, 5.41) is -1.11. The van der Waals surface area contributed by atoms with E-state index in [0.717, 1.165) is 7.11 Å². The third-order valence-corrected chi connectivity index (χ3v) is 6.35. The maximum atomic E-state index is 11.8. The van der Waals surface area contributed by atoms with Gasteiger partial charge in [-0.2, -0.15) is 0 Å². The minimum absolute atomic E-state index is 0.0987. The van der Waals surface area contributed by atoms with Crippen molar-refractivity contribution in [3.05, 3.63) is 30.3 Å². The van der Waals surface area contributed by atoms with Gasteiger partial charge in [0.15, 0.2) is 24.8 Å². The molecule has 0 bridgehead atoms. The second-order valence-corrected chi connectivity index (χ2v) is 7.93. The van der Waals surface area contributed by atoms with Crippen molar-refractivity contribution in [3.8, 4) is 0 Å². The molecule has 0 radical (unpaired) electrons. The van der Waals surface area contributed by atoms with Gasteiger partial charge in [0.1, 0.15) is 5.75 Å². The molecule has 6 nitrogen and oxygen atoms in total. The molecule has 0 amide bonds. The molecule has 1 aromatic rings. The van der Waals surface area contributed by atoms with E-state index in [4.69, 9.17) is 0 Å². The van der Waals surface area contributed by atoms with Crippen molar-refractivity contribution in [1.82, 2.24) is 0 Å². The first kappa shape index (κ1) is 14.7. The molecule has 1 aromatic carbocycles. The standard InChI is InChI=1S/C10H12O6S2/c1-16-10(11)7-17(12,13)8-18(14,15)9-5-3-2-4-6-9/h2-6H,7-8H2,1H3. The van der Waals surface area contributed by atoms with Crippen molar-refractivity contribution in [2.75, 3.05) is 17.9 Å². The minimum atomic E-state index is -4.06. The van der Waals surface area contributed by atoms with Crippen LogP contribution in [0.15, 0.2) is 35.2 Å². The van der Waals surface area contributed by atoms with Gasteiger partial charge in [-0.05, 0) is 12.1 Å². The number of hydrogen-bond donors (Lipinski definition) is 0. The third kappa shape index (κ3) is 4.11. The van der Waals surface area contributed by atoms with E-state index >= 15 is 0 Å². The van der Waals surface area contributed by atoms with Crippen LogP contribution in [0.25, 0.3) is 0 Å². The summed E-state index contributed by atoms with van der Waals surface area (Å²) in [6.07, 6.45) is 0. The predicted octanol–water partition coefficient (Wildman–Crippen LogP) is 0.00560. The second-order valence-electron chi connectivity index (χ2n) is 3.51. The number of carbonyl (C=O) groups excluding carboxylic acids is 1. The lowest BCUT2D eigenvalue weighted by Gasteiger charge is -2.05. The molecule has 0 heterocycles. The van der Waals surface area contributed by atoms with E-state index in [2.05, 4.69) is 4.74 Å². The fourth-order valence-electron chi connectivity index (χ4n) is 1.21. The Morgan fingerprint density at radius 1 is 1.11 bits per heavy atom. The first-order valence-corrected chi connectivity index (χ1v) is 8.29. The number of hydrogen-bond acceptors (Lipinski definition) is 6. The zero-order valence-electron chi connectivity index (χ0n) is 9.57. The van der Waals surface area contributed by atoms with Gasteiger partial charge in [-0.25, -0.2) is 16.8 Å². The Kier molecular flexibility index (Phi) is 4.47. The van der Waals surface area contributed by atoms with E-state index in [-0.39, 0.29) is 4.90 Å². The van der Waals surface area contributed by atoms with Crippen LogP contribution >= 0.6 is 0 Å². The molecule has 0 N–H and O–H groups in total. The van der Waals surface area contributed by atoms with Crippen LogP contribution in [-0.4, -0.2) is 40.8 Å². The lowest BCUT2D eigenvalue weighted by molar-refractivity contribution is -0.137. The lowest BCUT2D eigenvalue weighted by Crippen LogP contribution is -2.24. The van der Waals surface area contributed by atoms with Gasteiger partial charge in [-0.1, -0.05) is 18.2 Å². The summed E-state index contributed by atoms with van der Waals surface area (Å²) < 4.78 is 50.8. The highest BCUT2D eigenvalue weighted by Crippen LogP contribution is 2.12. The molecule has 0 saturated carbocycles. The highest BCUT2D eigenvalue weighted by atomic mass is 32.3. The molecule has 0 aliphatic heterocycles. The Morgan fingerprint density at radius 3 is 2.17 bits per heavy atom. The first-order chi connectivity index (χ1) is 8.27. The number of esters is 1. The Balaban J connectivity index is 2.94. The van der Waals surface area contributed by atoms with Gasteiger partial charge in [0.25, 0.3) is 0 Å². The zero-order chi connectivity index (χ0) is 13.8. The van der Waals surface area contributed by atoms with Crippen molar-refractivity contribution in [3.63, 3.8) is 0 Å². The molecule has 1 rings (SSSR count). The van der Waals surface area contributed by atoms with Crippen LogP contribution < -0.4 is 0 Å². The van der Waals surface area contributed by atoms with Crippen LogP contribution in [0, 0.1) is 0 Å². The topological polar surface area (TPSA) is 94.6 Å². The first-order valence-electron chi connectivity index (χ1n) is 4.82. The average molecular weight is 292 g/mol. The fourth-order valence-corrected chi connectivity index (χ4v) is 5.03. The van der Waals surface area contributed by atoms with Crippen LogP contribution in [0.1, 0.15) is 0 Å². The minimum Gasteiger partial charge on any atom is -0.468 e. The Morgan fingerprint density at radius 2 is 1.67 bits per heavy atom. The number of sulfone groups is 2. The molecule has 8 heteroatoms. The van der Waals surface area contributed by atoms with Gasteiger partial charge in [-0.3, -0.25) is 4.79 Å². The fraction of sp³-hybridized carbons (Fsp3) is 0.300. The van der Waals surface area contributed by atoms with Crippen LogP contribution in [0.2, 0.25) is 0 Å². The number of ether oxygens (including phenoxy) is 1. The number of methoxy groups -OCH3 is 1. The molecule has 0 fully saturated rings. The summed E-state index contributed by atoms with van der Waals surface area (Å²) in [6.45, 7) is 0. The molecule has 18 heavy (non-hydrogen) atoms. The summed E-state index contributed by atoms with van der Waals surface area (Å²) in [5.41, 5.74) is 0. The largest absolute Gasteiger partial charge is 0.468 e. The molecule has 0 spiro atoms. The van der Waals surface area contributed by atoms with Crippen molar-refractivity contribution in [1.29, 1.82) is 0 Å². The van der Waals surface area contributed by atoms with Gasteiger partial charge in [0.2, 0.25) is 0 Å². The second kappa shape index (κ2) is 5.49. The summed E-state index contributed by atoms with van der Waals surface area (Å²) >= 11 is 0. The Hall–Kier alpha value is -1.41. The van der Waals surface area contributed by atoms with Crippen LogP contribution in [0.5, 0.6) is 0 Å². The van der Waals surface area contributed by atoms with Gasteiger partial charge in [0, 0.05) is 0 Å². The number of carbonyl (C=O) groups is 1. The van der Waals surface area contributed by atoms with Crippen LogP contribution in [-0.2, 0) is 29.2 Å². The highest BCUT2D eigenvalue weighted by molar-refractivity contribution is 8.08. The van der Waals surface area contributed by atoms with E-state index < -0.39 is 36.5 Å². The molecule has 0 unspecified atom stereocenters. The highest BCUT2D eigenvalue weighted by Gasteiger charge is 2.26. The Bertz CT molecular complexity index is 616. The molecular weight excluding hydrogens is 280 g/mol. The van der Waals surface area contributed by atoms with E-state index in [1.54, 1.807) is 6.07 Å². The predicted molar refractivity (Wildman–Crippen MR) is 64.3 cm³/mol. The molecular formula is C10H12O6S2. The molecule has 0 atom stereocenters. The number of benzene rings is 1. The summed E-state index contributed by atoms with van der Waals surface area (Å²) in [6, 6.07) is 7.17. The third-order valence-electron chi connectivity index (χ3n) is 2.00. The van der Waals surface area contributed by atoms with Crippen molar-refractivity contribution in [2.45, 2.75) is 4.90 Å². The van der Waals surface area contributed by atoms with Crippen molar-refractivity contribution in [2.24, 2.45) is 0 Å². The molecule has 0 saturated heterocycles. The SMILES string of the molecule is COC(=O)CS(=O)(=O)CS(=O)(=O)c1ccccc1. The molecule has 100 valence electrons. The van der Waals surface area contributed by atoms with Crippen molar-refractivity contribution >= 4 is 25.6 Å². The maximum Gasteiger partial charge on any atom is 0.320 e. The van der Waals surface area contributed by atoms with Gasteiger partial charge < -0.3 is 4.74 Å². The monoisotopic (exact) mass is 292 g/mol. The number of rotatable bonds is 5. The van der Waals surface area contributed by atoms with Gasteiger partial charge in [-0.15, -0.1) is 0 Å². The van der Waals surface area contributed by atoms with Crippen LogP contribution in [0.4, 0.5) is 0 Å². The van der Waals surface area contributed by atoms with E-state index in [1.165, 1.54) is 24.3 Å². The summed E-state index contributed by atoms with van der Waals surface area (Å²) in [7, 11) is -7.00. The Labute approximate surface area is 105 Å². The van der Waals surface area contributed by atoms with Gasteiger partial charge in [0.05, 0.1) is 12.0 Å². The maximum absolute atomic E-state index is 11.8. The van der Waals surface area contributed by atoms with E-state index in [1.807, 2.05) is 0 Å². The van der Waals surface area contributed by atoms with E-state index in [9.17, 15) is 21.6 Å². The smallest absolute Gasteiger partial charge is 0.320 e. The molecule has 0 aliphatic rings. The quantitative estimate of drug-likeness (QED) is 0.709. The summed E-state index contributed by atoms with van der Waals surface area (Å²) in [4.78, 5) is 10.8. The van der Waals surface area contributed by atoms with Crippen molar-refractivity contribution < 1.29 is 26.4 Å². The zero-order valence-corrected chi connectivity index (χ0v) is 11.2. The van der Waals surface area contributed by atoms with Crippen LogP contribution in [0.3, 0.4) is 0 Å². The average Bonchev–Trinajstić information content (AvgIpc) is 2.28. The summed E-state index contributed by atoms with van der Waals surface area (Å²) in [5.74, 6) is -1.94.